The monoisotopic (exact) mass is 407 g/mol. The van der Waals surface area contributed by atoms with Crippen LogP contribution in [-0.4, -0.2) is 22.7 Å². The Labute approximate surface area is 174 Å². The number of allylic oxidation sites excluding steroid dienone is 2. The van der Waals surface area contributed by atoms with Crippen LogP contribution in [0.25, 0.3) is 0 Å². The molecule has 4 nitrogen and oxygen atoms in total. The molecule has 5 heteroatoms. The van der Waals surface area contributed by atoms with E-state index in [2.05, 4.69) is 29.3 Å². The zero-order valence-corrected chi connectivity index (χ0v) is 16.7. The van der Waals surface area contributed by atoms with E-state index in [1.807, 2.05) is 12.1 Å². The molecular weight excluding hydrogens is 386 g/mol. The Morgan fingerprint density at radius 2 is 1.93 bits per heavy atom. The second kappa shape index (κ2) is 8.20. The second-order valence-corrected chi connectivity index (χ2v) is 7.94. The molecule has 2 aliphatic carbocycles. The second-order valence-electron chi connectivity index (χ2n) is 7.50. The molecule has 2 bridgehead atoms. The number of phenols is 2. The number of hydrogen-bond donors (Lipinski definition) is 3. The molecule has 0 aromatic heterocycles. The lowest BCUT2D eigenvalue weighted by Gasteiger charge is -2.13. The Morgan fingerprint density at radius 3 is 2.69 bits per heavy atom. The normalized spacial score (nSPS) is 17.8. The predicted octanol–water partition coefficient (Wildman–Crippen LogP) is 4.77. The average molecular weight is 408 g/mol. The molecule has 2 aromatic carbocycles. The quantitative estimate of drug-likeness (QED) is 0.380. The molecule has 2 aliphatic rings. The van der Waals surface area contributed by atoms with Gasteiger partial charge in [0.25, 0.3) is 5.91 Å². The summed E-state index contributed by atoms with van der Waals surface area (Å²) in [6.07, 6.45) is 5.07. The maximum atomic E-state index is 12.6. The van der Waals surface area contributed by atoms with Crippen molar-refractivity contribution in [3.8, 4) is 11.5 Å². The minimum absolute atomic E-state index is 0.104. The standard InChI is InChI=1S/C24H22ClNO3/c25-20-6-4-17(5-7-20)21-13-16-11-18(21)2-3-19(12-16)24(29)26-10-9-15-1-8-22(27)23(28)14-15/h1-2,4-8,14,21,27-28H,3,9-11,13H2,(H,26,29). The number of phenolic OH excluding ortho intramolecular Hbond substituents is 2. The van der Waals surface area contributed by atoms with Gasteiger partial charge >= 0.3 is 0 Å². The Hall–Kier alpha value is -2.94. The van der Waals surface area contributed by atoms with Gasteiger partial charge in [0.1, 0.15) is 0 Å². The molecule has 0 aliphatic heterocycles. The molecule has 0 heterocycles. The number of rotatable bonds is 5. The van der Waals surface area contributed by atoms with Crippen molar-refractivity contribution in [1.82, 2.24) is 5.32 Å². The van der Waals surface area contributed by atoms with Gasteiger partial charge in [-0.3, -0.25) is 4.79 Å². The van der Waals surface area contributed by atoms with Gasteiger partial charge in [0.15, 0.2) is 11.5 Å². The Morgan fingerprint density at radius 1 is 1.14 bits per heavy atom. The number of carbonyl (C=O) groups excluding carboxylic acids is 1. The van der Waals surface area contributed by atoms with E-state index in [4.69, 9.17) is 11.6 Å². The maximum absolute atomic E-state index is 12.6. The molecule has 1 fully saturated rings. The molecule has 1 unspecified atom stereocenters. The summed E-state index contributed by atoms with van der Waals surface area (Å²) in [7, 11) is 0. The summed E-state index contributed by atoms with van der Waals surface area (Å²) < 4.78 is 0. The number of amides is 1. The van der Waals surface area contributed by atoms with Gasteiger partial charge in [-0.1, -0.05) is 41.4 Å². The summed E-state index contributed by atoms with van der Waals surface area (Å²) in [6.45, 7) is 0.452. The van der Waals surface area contributed by atoms with Crippen LogP contribution in [0, 0.1) is 0 Å². The molecule has 0 radical (unpaired) electrons. The van der Waals surface area contributed by atoms with Crippen molar-refractivity contribution in [3.05, 3.63) is 87.1 Å². The third kappa shape index (κ3) is 4.40. The highest BCUT2D eigenvalue weighted by atomic mass is 35.5. The number of aromatic hydroxyl groups is 2. The minimum atomic E-state index is -0.150. The lowest BCUT2D eigenvalue weighted by atomic mass is 9.92. The zero-order valence-electron chi connectivity index (χ0n) is 15.9. The van der Waals surface area contributed by atoms with Crippen LogP contribution in [0.5, 0.6) is 11.5 Å². The van der Waals surface area contributed by atoms with Crippen molar-refractivity contribution >= 4 is 17.5 Å². The van der Waals surface area contributed by atoms with Gasteiger partial charge in [0.2, 0.25) is 0 Å². The lowest BCUT2D eigenvalue weighted by Crippen LogP contribution is -2.27. The number of fused-ring (bicyclic) bond motifs is 2. The van der Waals surface area contributed by atoms with Crippen molar-refractivity contribution in [3.63, 3.8) is 0 Å². The van der Waals surface area contributed by atoms with Gasteiger partial charge in [0.05, 0.1) is 5.57 Å². The Balaban J connectivity index is 1.40. The third-order valence-electron chi connectivity index (χ3n) is 5.50. The molecule has 3 N–H and O–H groups in total. The minimum Gasteiger partial charge on any atom is -0.504 e. The zero-order chi connectivity index (χ0) is 20.4. The van der Waals surface area contributed by atoms with Gasteiger partial charge in [-0.05, 0) is 60.2 Å². The van der Waals surface area contributed by atoms with E-state index in [-0.39, 0.29) is 17.4 Å². The van der Waals surface area contributed by atoms with Gasteiger partial charge < -0.3 is 15.5 Å². The highest BCUT2D eigenvalue weighted by molar-refractivity contribution is 6.30. The fourth-order valence-electron chi connectivity index (χ4n) is 3.95. The molecule has 1 saturated carbocycles. The van der Waals surface area contributed by atoms with Crippen molar-refractivity contribution < 1.29 is 15.0 Å². The number of halogens is 1. The number of benzene rings is 2. The predicted molar refractivity (Wildman–Crippen MR) is 113 cm³/mol. The molecule has 0 saturated heterocycles. The molecule has 148 valence electrons. The molecule has 2 aromatic rings. The number of nitrogens with one attached hydrogen (secondary N) is 1. The first-order valence-corrected chi connectivity index (χ1v) is 10.1. The molecule has 0 spiro atoms. The van der Waals surface area contributed by atoms with E-state index in [1.54, 1.807) is 6.07 Å². The lowest BCUT2D eigenvalue weighted by molar-refractivity contribution is -0.117. The SMILES string of the molecule is O=C(NCCc1ccc(O)c(O)c1)C1=C=C2CC(=CC1)C(c1ccc(Cl)cc1)C2. The van der Waals surface area contributed by atoms with E-state index in [0.717, 1.165) is 23.4 Å². The fourth-order valence-corrected chi connectivity index (χ4v) is 4.08. The van der Waals surface area contributed by atoms with E-state index < -0.39 is 0 Å². The average Bonchev–Trinajstić information content (AvgIpc) is 2.97. The van der Waals surface area contributed by atoms with Crippen molar-refractivity contribution in [2.45, 2.75) is 31.6 Å². The molecule has 1 amide bonds. The van der Waals surface area contributed by atoms with Crippen molar-refractivity contribution in [2.75, 3.05) is 6.54 Å². The van der Waals surface area contributed by atoms with Crippen LogP contribution in [0.4, 0.5) is 0 Å². The van der Waals surface area contributed by atoms with Crippen LogP contribution in [0.15, 0.2) is 71.0 Å². The maximum Gasteiger partial charge on any atom is 0.255 e. The van der Waals surface area contributed by atoms with Gasteiger partial charge in [-0.25, -0.2) is 0 Å². The Kier molecular flexibility index (Phi) is 5.48. The van der Waals surface area contributed by atoms with Gasteiger partial charge in [-0.2, -0.15) is 0 Å². The van der Waals surface area contributed by atoms with Crippen LogP contribution in [-0.2, 0) is 11.2 Å². The first-order chi connectivity index (χ1) is 14.0. The summed E-state index contributed by atoms with van der Waals surface area (Å²) in [6, 6.07) is 12.7. The van der Waals surface area contributed by atoms with Crippen LogP contribution in [0.3, 0.4) is 0 Å². The van der Waals surface area contributed by atoms with Crippen molar-refractivity contribution in [1.29, 1.82) is 0 Å². The Bertz CT molecular complexity index is 1050. The number of carbonyl (C=O) groups is 1. The van der Waals surface area contributed by atoms with Crippen LogP contribution in [0.1, 0.15) is 36.3 Å². The largest absolute Gasteiger partial charge is 0.504 e. The van der Waals surface area contributed by atoms with Crippen molar-refractivity contribution in [2.24, 2.45) is 0 Å². The summed E-state index contributed by atoms with van der Waals surface area (Å²) in [5.74, 6) is -0.0505. The summed E-state index contributed by atoms with van der Waals surface area (Å²) in [4.78, 5) is 12.6. The molecule has 29 heavy (non-hydrogen) atoms. The van der Waals surface area contributed by atoms with Crippen LogP contribution < -0.4 is 5.32 Å². The topological polar surface area (TPSA) is 69.6 Å². The van der Waals surface area contributed by atoms with E-state index >= 15 is 0 Å². The van der Waals surface area contributed by atoms with E-state index in [1.165, 1.54) is 28.8 Å². The fraction of sp³-hybridized carbons (Fsp3) is 0.250. The summed E-state index contributed by atoms with van der Waals surface area (Å²) in [5.41, 5.74) is 8.63. The summed E-state index contributed by atoms with van der Waals surface area (Å²) in [5, 5.41) is 22.6. The smallest absolute Gasteiger partial charge is 0.255 e. The van der Waals surface area contributed by atoms with Gasteiger partial charge in [-0.15, -0.1) is 5.73 Å². The van der Waals surface area contributed by atoms with E-state index in [0.29, 0.717) is 30.9 Å². The van der Waals surface area contributed by atoms with Crippen LogP contribution >= 0.6 is 11.6 Å². The first-order valence-electron chi connectivity index (χ1n) is 9.70. The van der Waals surface area contributed by atoms with E-state index in [9.17, 15) is 15.0 Å². The molecule has 1 atom stereocenters. The van der Waals surface area contributed by atoms with Gasteiger partial charge in [0, 0.05) is 23.9 Å². The highest BCUT2D eigenvalue weighted by Crippen LogP contribution is 2.44. The van der Waals surface area contributed by atoms with Crippen LogP contribution in [0.2, 0.25) is 5.02 Å². The highest BCUT2D eigenvalue weighted by Gasteiger charge is 2.28. The number of hydrogen-bond acceptors (Lipinski definition) is 3. The molecular formula is C24H22ClNO3. The third-order valence-corrected chi connectivity index (χ3v) is 5.75. The first kappa shape index (κ1) is 19.4. The molecule has 4 rings (SSSR count). The summed E-state index contributed by atoms with van der Waals surface area (Å²) >= 11 is 6.00.